The second-order valence-electron chi connectivity index (χ2n) is 3.51. The third-order valence-electron chi connectivity index (χ3n) is 2.24. The van der Waals surface area contributed by atoms with Crippen molar-refractivity contribution in [3.63, 3.8) is 0 Å². The van der Waals surface area contributed by atoms with Crippen molar-refractivity contribution >= 4 is 17.4 Å². The lowest BCUT2D eigenvalue weighted by molar-refractivity contribution is -0.118. The Hall–Kier alpha value is -0.870. The quantitative estimate of drug-likeness (QED) is 0.829. The molecule has 84 valence electrons. The largest absolute Gasteiger partial charge is 0.396 e. The molecule has 0 amide bonds. The molecular formula is C10H15ClN2O2. The number of aryl methyl sites for hydroxylation is 2. The van der Waals surface area contributed by atoms with Gasteiger partial charge in [-0.05, 0) is 13.3 Å². The van der Waals surface area contributed by atoms with Gasteiger partial charge in [0.2, 0.25) is 0 Å². The van der Waals surface area contributed by atoms with E-state index in [-0.39, 0.29) is 18.8 Å². The number of Topliss-reactive ketones (excluding diaryl/α,β-unsaturated/α-hetero) is 1. The fourth-order valence-electron chi connectivity index (χ4n) is 1.42. The zero-order chi connectivity index (χ0) is 11.4. The van der Waals surface area contributed by atoms with Gasteiger partial charge in [0.1, 0.15) is 5.78 Å². The summed E-state index contributed by atoms with van der Waals surface area (Å²) in [7, 11) is 1.77. The summed E-state index contributed by atoms with van der Waals surface area (Å²) < 4.78 is 1.63. The molecule has 0 radical (unpaired) electrons. The standard InChI is InChI=1S/C10H15ClN2O2/c1-7-10(11)9(13(2)12-7)6-8(15)4-3-5-14/h14H,3-6H2,1-2H3. The number of nitrogens with zero attached hydrogens (tertiary/aromatic N) is 2. The normalized spacial score (nSPS) is 10.7. The first-order chi connectivity index (χ1) is 7.06. The van der Waals surface area contributed by atoms with E-state index in [1.54, 1.807) is 11.7 Å². The molecule has 0 aliphatic heterocycles. The molecule has 0 aliphatic rings. The number of halogens is 1. The van der Waals surface area contributed by atoms with E-state index in [2.05, 4.69) is 5.10 Å². The second kappa shape index (κ2) is 5.28. The highest BCUT2D eigenvalue weighted by Crippen LogP contribution is 2.20. The van der Waals surface area contributed by atoms with Crippen LogP contribution in [0.2, 0.25) is 5.02 Å². The van der Waals surface area contributed by atoms with Crippen LogP contribution in [0.3, 0.4) is 0 Å². The SMILES string of the molecule is Cc1nn(C)c(CC(=O)CCCO)c1Cl. The van der Waals surface area contributed by atoms with Crippen LogP contribution >= 0.6 is 11.6 Å². The molecule has 1 rings (SSSR count). The van der Waals surface area contributed by atoms with E-state index in [9.17, 15) is 4.79 Å². The maximum Gasteiger partial charge on any atom is 0.138 e. The number of carbonyl (C=O) groups is 1. The molecule has 1 aromatic heterocycles. The second-order valence-corrected chi connectivity index (χ2v) is 3.89. The number of aromatic nitrogens is 2. The Kier molecular flexibility index (Phi) is 4.29. The Bertz CT molecular complexity index is 361. The highest BCUT2D eigenvalue weighted by atomic mass is 35.5. The number of hydrogen-bond acceptors (Lipinski definition) is 3. The summed E-state index contributed by atoms with van der Waals surface area (Å²) in [5.74, 6) is 0.0777. The van der Waals surface area contributed by atoms with Crippen LogP contribution in [-0.4, -0.2) is 27.3 Å². The summed E-state index contributed by atoms with van der Waals surface area (Å²) in [4.78, 5) is 11.5. The van der Waals surface area contributed by atoms with Crippen molar-refractivity contribution in [2.45, 2.75) is 26.2 Å². The Morgan fingerprint density at radius 1 is 1.60 bits per heavy atom. The van der Waals surface area contributed by atoms with Crippen LogP contribution in [0.1, 0.15) is 24.2 Å². The number of ketones is 1. The zero-order valence-corrected chi connectivity index (χ0v) is 9.71. The van der Waals surface area contributed by atoms with Gasteiger partial charge < -0.3 is 5.11 Å². The predicted molar refractivity (Wildman–Crippen MR) is 58.0 cm³/mol. The monoisotopic (exact) mass is 230 g/mol. The van der Waals surface area contributed by atoms with Gasteiger partial charge in [0.05, 0.1) is 16.4 Å². The van der Waals surface area contributed by atoms with Gasteiger partial charge >= 0.3 is 0 Å². The molecule has 0 fully saturated rings. The van der Waals surface area contributed by atoms with E-state index >= 15 is 0 Å². The molecule has 0 bridgehead atoms. The Morgan fingerprint density at radius 3 is 2.73 bits per heavy atom. The molecule has 5 heteroatoms. The number of rotatable bonds is 5. The lowest BCUT2D eigenvalue weighted by Gasteiger charge is -2.01. The number of aliphatic hydroxyl groups excluding tert-OH is 1. The molecule has 0 aromatic carbocycles. The van der Waals surface area contributed by atoms with E-state index in [1.807, 2.05) is 6.92 Å². The summed E-state index contributed by atoms with van der Waals surface area (Å²) in [5, 5.41) is 13.3. The van der Waals surface area contributed by atoms with Gasteiger partial charge in [-0.2, -0.15) is 5.10 Å². The Morgan fingerprint density at radius 2 is 2.27 bits per heavy atom. The number of hydrogen-bond donors (Lipinski definition) is 1. The first kappa shape index (κ1) is 12.2. The third-order valence-corrected chi connectivity index (χ3v) is 2.73. The highest BCUT2D eigenvalue weighted by molar-refractivity contribution is 6.32. The van der Waals surface area contributed by atoms with Crippen LogP contribution in [0.25, 0.3) is 0 Å². The molecule has 0 aliphatic carbocycles. The minimum atomic E-state index is 0.0455. The van der Waals surface area contributed by atoms with Crippen molar-refractivity contribution in [1.29, 1.82) is 0 Å². The minimum absolute atomic E-state index is 0.0455. The van der Waals surface area contributed by atoms with E-state index in [0.717, 1.165) is 11.4 Å². The van der Waals surface area contributed by atoms with Crippen molar-refractivity contribution in [3.05, 3.63) is 16.4 Å². The summed E-state index contributed by atoms with van der Waals surface area (Å²) in [5.41, 5.74) is 1.49. The van der Waals surface area contributed by atoms with Crippen LogP contribution < -0.4 is 0 Å². The highest BCUT2D eigenvalue weighted by Gasteiger charge is 2.14. The summed E-state index contributed by atoms with van der Waals surface area (Å²) in [6.45, 7) is 1.86. The molecule has 15 heavy (non-hydrogen) atoms. The number of aliphatic hydroxyl groups is 1. The fraction of sp³-hybridized carbons (Fsp3) is 0.600. The Balaban J connectivity index is 2.68. The maximum atomic E-state index is 11.5. The summed E-state index contributed by atoms with van der Waals surface area (Å²) >= 11 is 6.01. The van der Waals surface area contributed by atoms with Crippen molar-refractivity contribution in [2.75, 3.05) is 6.61 Å². The average Bonchev–Trinajstić information content (AvgIpc) is 2.42. The lowest BCUT2D eigenvalue weighted by atomic mass is 10.1. The van der Waals surface area contributed by atoms with Crippen molar-refractivity contribution < 1.29 is 9.90 Å². The molecule has 0 saturated carbocycles. The molecule has 1 N–H and O–H groups in total. The lowest BCUT2D eigenvalue weighted by Crippen LogP contribution is -2.08. The van der Waals surface area contributed by atoms with Crippen LogP contribution in [-0.2, 0) is 18.3 Å². The smallest absolute Gasteiger partial charge is 0.138 e. The minimum Gasteiger partial charge on any atom is -0.396 e. The first-order valence-corrected chi connectivity index (χ1v) is 5.24. The molecule has 1 heterocycles. The first-order valence-electron chi connectivity index (χ1n) is 4.86. The van der Waals surface area contributed by atoms with Gasteiger partial charge in [-0.1, -0.05) is 11.6 Å². The van der Waals surface area contributed by atoms with Crippen molar-refractivity contribution in [3.8, 4) is 0 Å². The van der Waals surface area contributed by atoms with Crippen molar-refractivity contribution in [2.24, 2.45) is 7.05 Å². The van der Waals surface area contributed by atoms with Gasteiger partial charge in [-0.15, -0.1) is 0 Å². The van der Waals surface area contributed by atoms with E-state index < -0.39 is 0 Å². The zero-order valence-electron chi connectivity index (χ0n) is 8.96. The van der Waals surface area contributed by atoms with E-state index in [1.165, 1.54) is 0 Å². The van der Waals surface area contributed by atoms with Crippen LogP contribution in [0.4, 0.5) is 0 Å². The fourth-order valence-corrected chi connectivity index (χ4v) is 1.65. The molecule has 4 nitrogen and oxygen atoms in total. The average molecular weight is 231 g/mol. The van der Waals surface area contributed by atoms with Gasteiger partial charge in [-0.3, -0.25) is 9.48 Å². The van der Waals surface area contributed by atoms with Crippen LogP contribution in [0, 0.1) is 6.92 Å². The summed E-state index contributed by atoms with van der Waals surface area (Å²) in [6.07, 6.45) is 1.18. The van der Waals surface area contributed by atoms with Gasteiger partial charge in [-0.25, -0.2) is 0 Å². The van der Waals surface area contributed by atoms with E-state index in [0.29, 0.717) is 17.9 Å². The molecule has 0 unspecified atom stereocenters. The predicted octanol–water partition coefficient (Wildman–Crippen LogP) is 1.27. The van der Waals surface area contributed by atoms with Gasteiger partial charge in [0, 0.05) is 26.5 Å². The number of carbonyl (C=O) groups excluding carboxylic acids is 1. The molecule has 0 spiro atoms. The molecular weight excluding hydrogens is 216 g/mol. The van der Waals surface area contributed by atoms with Crippen LogP contribution in [0.5, 0.6) is 0 Å². The van der Waals surface area contributed by atoms with E-state index in [4.69, 9.17) is 16.7 Å². The molecule has 1 aromatic rings. The maximum absolute atomic E-state index is 11.5. The molecule has 0 saturated heterocycles. The van der Waals surface area contributed by atoms with Gasteiger partial charge in [0.25, 0.3) is 0 Å². The van der Waals surface area contributed by atoms with Crippen LogP contribution in [0.15, 0.2) is 0 Å². The van der Waals surface area contributed by atoms with Crippen molar-refractivity contribution in [1.82, 2.24) is 9.78 Å². The topological polar surface area (TPSA) is 55.1 Å². The Labute approximate surface area is 93.9 Å². The third kappa shape index (κ3) is 3.04. The molecule has 0 atom stereocenters. The van der Waals surface area contributed by atoms with Gasteiger partial charge in [0.15, 0.2) is 0 Å². The summed E-state index contributed by atoms with van der Waals surface area (Å²) in [6, 6.07) is 0.